The zero-order valence-electron chi connectivity index (χ0n) is 9.11. The Balaban J connectivity index is 2.10. The normalized spacial score (nSPS) is 10.3. The Bertz CT molecular complexity index is 585. The fraction of sp³-hybridized carbons (Fsp3) is 0.0833. The molecule has 0 saturated carbocycles. The van der Waals surface area contributed by atoms with Crippen LogP contribution in [0, 0.1) is 0 Å². The molecule has 1 heterocycles. The summed E-state index contributed by atoms with van der Waals surface area (Å²) in [5.74, 6) is -1.03. The summed E-state index contributed by atoms with van der Waals surface area (Å²) < 4.78 is 1.07. The highest BCUT2D eigenvalue weighted by atomic mass is 79.9. The standard InChI is InChI=1S/C12H9BrClNO2S/c13-11-3-7(6-18-11)5-15-8-1-2-10(14)9(4-8)12(16)17/h1-4,6,15H,5H2,(H,16,17). The van der Waals surface area contributed by atoms with Gasteiger partial charge in [0.2, 0.25) is 0 Å². The minimum Gasteiger partial charge on any atom is -0.478 e. The minimum absolute atomic E-state index is 0.105. The van der Waals surface area contributed by atoms with E-state index in [4.69, 9.17) is 16.7 Å². The van der Waals surface area contributed by atoms with E-state index in [-0.39, 0.29) is 10.6 Å². The summed E-state index contributed by atoms with van der Waals surface area (Å²) >= 11 is 10.8. The Morgan fingerprint density at radius 3 is 2.83 bits per heavy atom. The van der Waals surface area contributed by atoms with Gasteiger partial charge >= 0.3 is 5.97 Å². The van der Waals surface area contributed by atoms with E-state index in [9.17, 15) is 4.79 Å². The van der Waals surface area contributed by atoms with Crippen molar-refractivity contribution in [3.63, 3.8) is 0 Å². The molecule has 6 heteroatoms. The number of rotatable bonds is 4. The first-order chi connectivity index (χ1) is 8.56. The van der Waals surface area contributed by atoms with Gasteiger partial charge in [0, 0.05) is 12.2 Å². The first kappa shape index (κ1) is 13.4. The maximum Gasteiger partial charge on any atom is 0.337 e. The number of carboxylic acids is 1. The van der Waals surface area contributed by atoms with E-state index < -0.39 is 5.97 Å². The summed E-state index contributed by atoms with van der Waals surface area (Å²) in [7, 11) is 0. The molecule has 94 valence electrons. The third-order valence-electron chi connectivity index (χ3n) is 2.32. The lowest BCUT2D eigenvalue weighted by Gasteiger charge is -2.07. The van der Waals surface area contributed by atoms with E-state index in [0.29, 0.717) is 6.54 Å². The summed E-state index contributed by atoms with van der Waals surface area (Å²) in [6.07, 6.45) is 0. The Hall–Kier alpha value is -1.04. The molecule has 0 unspecified atom stereocenters. The van der Waals surface area contributed by atoms with Gasteiger partial charge < -0.3 is 10.4 Å². The van der Waals surface area contributed by atoms with E-state index in [1.807, 2.05) is 11.4 Å². The van der Waals surface area contributed by atoms with Crippen molar-refractivity contribution in [2.45, 2.75) is 6.54 Å². The lowest BCUT2D eigenvalue weighted by molar-refractivity contribution is 0.0697. The molecule has 3 nitrogen and oxygen atoms in total. The second kappa shape index (κ2) is 5.73. The van der Waals surface area contributed by atoms with Gasteiger partial charge in [-0.3, -0.25) is 0 Å². The van der Waals surface area contributed by atoms with Crippen LogP contribution in [0.1, 0.15) is 15.9 Å². The van der Waals surface area contributed by atoms with Gasteiger partial charge in [0.25, 0.3) is 0 Å². The predicted octanol–water partition coefficient (Wildman–Crippen LogP) is 4.47. The first-order valence-electron chi connectivity index (χ1n) is 5.06. The Labute approximate surface area is 122 Å². The van der Waals surface area contributed by atoms with Crippen molar-refractivity contribution in [1.29, 1.82) is 0 Å². The highest BCUT2D eigenvalue weighted by molar-refractivity contribution is 9.11. The molecule has 0 aliphatic rings. The van der Waals surface area contributed by atoms with E-state index in [2.05, 4.69) is 21.2 Å². The molecular formula is C12H9BrClNO2S. The lowest BCUT2D eigenvalue weighted by atomic mass is 10.2. The zero-order valence-corrected chi connectivity index (χ0v) is 12.3. The fourth-order valence-corrected chi connectivity index (χ4v) is 2.85. The number of hydrogen-bond donors (Lipinski definition) is 2. The van der Waals surface area contributed by atoms with Gasteiger partial charge in [0.1, 0.15) is 0 Å². The van der Waals surface area contributed by atoms with Crippen molar-refractivity contribution in [2.24, 2.45) is 0 Å². The summed E-state index contributed by atoms with van der Waals surface area (Å²) in [4.78, 5) is 10.9. The van der Waals surface area contributed by atoms with E-state index in [1.54, 1.807) is 23.5 Å². The summed E-state index contributed by atoms with van der Waals surface area (Å²) in [5.41, 5.74) is 1.98. The highest BCUT2D eigenvalue weighted by Gasteiger charge is 2.09. The molecule has 0 amide bonds. The number of aromatic carboxylic acids is 1. The minimum atomic E-state index is -1.03. The molecule has 1 aromatic heterocycles. The van der Waals surface area contributed by atoms with E-state index in [1.165, 1.54) is 6.07 Å². The maximum atomic E-state index is 10.9. The predicted molar refractivity (Wildman–Crippen MR) is 77.8 cm³/mol. The SMILES string of the molecule is O=C(O)c1cc(NCc2csc(Br)c2)ccc1Cl. The number of hydrogen-bond acceptors (Lipinski definition) is 3. The molecule has 2 rings (SSSR count). The maximum absolute atomic E-state index is 10.9. The molecule has 18 heavy (non-hydrogen) atoms. The summed E-state index contributed by atoms with van der Waals surface area (Å²) in [5, 5.41) is 14.4. The quantitative estimate of drug-likeness (QED) is 0.858. The van der Waals surface area contributed by atoms with Crippen LogP contribution in [0.2, 0.25) is 5.02 Å². The Morgan fingerprint density at radius 1 is 1.44 bits per heavy atom. The van der Waals surface area contributed by atoms with Crippen molar-refractivity contribution >= 4 is 50.5 Å². The monoisotopic (exact) mass is 345 g/mol. The fourth-order valence-electron chi connectivity index (χ4n) is 1.44. The van der Waals surface area contributed by atoms with Gasteiger partial charge in [0.05, 0.1) is 14.4 Å². The van der Waals surface area contributed by atoms with Gasteiger partial charge in [0.15, 0.2) is 0 Å². The third-order valence-corrected chi connectivity index (χ3v) is 4.20. The molecule has 0 aliphatic carbocycles. The van der Waals surface area contributed by atoms with Crippen molar-refractivity contribution in [3.8, 4) is 0 Å². The lowest BCUT2D eigenvalue weighted by Crippen LogP contribution is -2.02. The number of carbonyl (C=O) groups is 1. The molecule has 0 radical (unpaired) electrons. The number of anilines is 1. The highest BCUT2D eigenvalue weighted by Crippen LogP contribution is 2.23. The average Bonchev–Trinajstić information content (AvgIpc) is 2.74. The molecule has 1 aromatic carbocycles. The van der Waals surface area contributed by atoms with Crippen LogP contribution in [-0.2, 0) is 6.54 Å². The van der Waals surface area contributed by atoms with Crippen molar-refractivity contribution in [1.82, 2.24) is 0 Å². The zero-order chi connectivity index (χ0) is 13.1. The molecule has 0 aliphatic heterocycles. The Kier molecular flexibility index (Phi) is 4.27. The molecule has 0 fully saturated rings. The van der Waals surface area contributed by atoms with Crippen LogP contribution in [-0.4, -0.2) is 11.1 Å². The molecule has 0 spiro atoms. The molecule has 0 bridgehead atoms. The van der Waals surface area contributed by atoms with Gasteiger partial charge in [-0.15, -0.1) is 11.3 Å². The Morgan fingerprint density at radius 2 is 2.22 bits per heavy atom. The molecule has 2 N–H and O–H groups in total. The number of nitrogens with one attached hydrogen (secondary N) is 1. The van der Waals surface area contributed by atoms with Gasteiger partial charge in [-0.25, -0.2) is 4.79 Å². The summed E-state index contributed by atoms with van der Waals surface area (Å²) in [6.45, 7) is 0.642. The van der Waals surface area contributed by atoms with Gasteiger partial charge in [-0.1, -0.05) is 11.6 Å². The average molecular weight is 347 g/mol. The number of carboxylic acid groups (broad SMARTS) is 1. The van der Waals surface area contributed by atoms with Crippen LogP contribution in [0.15, 0.2) is 33.4 Å². The first-order valence-corrected chi connectivity index (χ1v) is 7.11. The number of thiophene rings is 1. The largest absolute Gasteiger partial charge is 0.478 e. The van der Waals surface area contributed by atoms with Crippen LogP contribution in [0.25, 0.3) is 0 Å². The van der Waals surface area contributed by atoms with Crippen LogP contribution in [0.3, 0.4) is 0 Å². The molecular weight excluding hydrogens is 338 g/mol. The molecule has 0 atom stereocenters. The van der Waals surface area contributed by atoms with Crippen LogP contribution in [0.4, 0.5) is 5.69 Å². The van der Waals surface area contributed by atoms with E-state index >= 15 is 0 Å². The second-order valence-corrected chi connectivity index (χ2v) is 6.31. The van der Waals surface area contributed by atoms with Crippen LogP contribution < -0.4 is 5.32 Å². The van der Waals surface area contributed by atoms with Crippen molar-refractivity contribution in [3.05, 3.63) is 49.6 Å². The van der Waals surface area contributed by atoms with Crippen LogP contribution >= 0.6 is 38.9 Å². The smallest absolute Gasteiger partial charge is 0.337 e. The molecule has 0 saturated heterocycles. The van der Waals surface area contributed by atoms with Crippen molar-refractivity contribution in [2.75, 3.05) is 5.32 Å². The van der Waals surface area contributed by atoms with Gasteiger partial charge in [-0.05, 0) is 51.1 Å². The third kappa shape index (κ3) is 3.25. The van der Waals surface area contributed by atoms with Gasteiger partial charge in [-0.2, -0.15) is 0 Å². The van der Waals surface area contributed by atoms with Crippen LogP contribution in [0.5, 0.6) is 0 Å². The van der Waals surface area contributed by atoms with Crippen molar-refractivity contribution < 1.29 is 9.90 Å². The topological polar surface area (TPSA) is 49.3 Å². The number of benzene rings is 1. The molecule has 2 aromatic rings. The second-order valence-electron chi connectivity index (χ2n) is 3.61. The number of halogens is 2. The van der Waals surface area contributed by atoms with E-state index in [0.717, 1.165) is 15.0 Å². The summed E-state index contributed by atoms with van der Waals surface area (Å²) in [6, 6.07) is 6.89.